The highest BCUT2D eigenvalue weighted by atomic mass is 19.1. The fourth-order valence-electron chi connectivity index (χ4n) is 4.18. The lowest BCUT2D eigenvalue weighted by atomic mass is 10.0. The van der Waals surface area contributed by atoms with Crippen molar-refractivity contribution in [2.75, 3.05) is 56.3 Å². The van der Waals surface area contributed by atoms with Gasteiger partial charge in [-0.3, -0.25) is 4.79 Å². The van der Waals surface area contributed by atoms with Crippen molar-refractivity contribution in [1.82, 2.24) is 5.32 Å². The van der Waals surface area contributed by atoms with E-state index in [0.29, 0.717) is 44.1 Å². The Morgan fingerprint density at radius 1 is 1.10 bits per heavy atom. The summed E-state index contributed by atoms with van der Waals surface area (Å²) in [5.74, 6) is 0.211. The summed E-state index contributed by atoms with van der Waals surface area (Å²) in [5, 5.41) is 3.08. The number of benzene rings is 2. The number of halogens is 1. The van der Waals surface area contributed by atoms with Crippen molar-refractivity contribution in [3.8, 4) is 5.75 Å². The van der Waals surface area contributed by atoms with Crippen LogP contribution >= 0.6 is 0 Å². The van der Waals surface area contributed by atoms with Gasteiger partial charge in [0.05, 0.1) is 31.7 Å². The van der Waals surface area contributed by atoms with Gasteiger partial charge in [0.1, 0.15) is 11.6 Å². The van der Waals surface area contributed by atoms with Crippen LogP contribution in [0.2, 0.25) is 0 Å². The van der Waals surface area contributed by atoms with E-state index in [-0.39, 0.29) is 17.8 Å². The van der Waals surface area contributed by atoms with Crippen molar-refractivity contribution >= 4 is 17.3 Å². The first-order valence-electron chi connectivity index (χ1n) is 10.5. The monoisotopic (exact) mass is 413 g/mol. The summed E-state index contributed by atoms with van der Waals surface area (Å²) >= 11 is 0. The topological polar surface area (TPSA) is 54.0 Å². The highest BCUT2D eigenvalue weighted by Gasteiger charge is 2.24. The largest absolute Gasteiger partial charge is 0.495 e. The summed E-state index contributed by atoms with van der Waals surface area (Å²) in [7, 11) is 1.66. The maximum absolute atomic E-state index is 14.7. The number of rotatable bonds is 5. The molecule has 30 heavy (non-hydrogen) atoms. The number of methoxy groups -OCH3 is 1. The van der Waals surface area contributed by atoms with Crippen molar-refractivity contribution < 1.29 is 18.7 Å². The maximum atomic E-state index is 14.7. The van der Waals surface area contributed by atoms with Crippen LogP contribution in [-0.4, -0.2) is 58.5 Å². The minimum atomic E-state index is -0.371. The number of hydrogen-bond acceptors (Lipinski definition) is 5. The second-order valence-electron chi connectivity index (χ2n) is 7.70. The summed E-state index contributed by atoms with van der Waals surface area (Å²) in [4.78, 5) is 16.9. The lowest BCUT2D eigenvalue weighted by molar-refractivity contribution is 0.0932. The van der Waals surface area contributed by atoms with Crippen LogP contribution in [0.4, 0.5) is 15.8 Å². The van der Waals surface area contributed by atoms with Gasteiger partial charge in [-0.1, -0.05) is 12.1 Å². The van der Waals surface area contributed by atoms with Crippen LogP contribution in [0, 0.1) is 5.82 Å². The highest BCUT2D eigenvalue weighted by Crippen LogP contribution is 2.30. The van der Waals surface area contributed by atoms with Gasteiger partial charge < -0.3 is 24.6 Å². The van der Waals surface area contributed by atoms with Crippen molar-refractivity contribution in [2.45, 2.75) is 18.9 Å². The highest BCUT2D eigenvalue weighted by molar-refractivity contribution is 5.94. The van der Waals surface area contributed by atoms with E-state index in [1.54, 1.807) is 19.2 Å². The summed E-state index contributed by atoms with van der Waals surface area (Å²) in [5.41, 5.74) is 1.90. The van der Waals surface area contributed by atoms with E-state index in [1.807, 2.05) is 29.2 Å². The molecule has 0 aromatic heterocycles. The zero-order valence-electron chi connectivity index (χ0n) is 17.3. The predicted molar refractivity (Wildman–Crippen MR) is 115 cm³/mol. The Morgan fingerprint density at radius 3 is 2.67 bits per heavy atom. The van der Waals surface area contributed by atoms with Gasteiger partial charge in [0.25, 0.3) is 5.91 Å². The zero-order chi connectivity index (χ0) is 20.9. The summed E-state index contributed by atoms with van der Waals surface area (Å²) in [6, 6.07) is 12.6. The molecular weight excluding hydrogens is 385 g/mol. The number of anilines is 2. The third-order valence-electron chi connectivity index (χ3n) is 5.74. The van der Waals surface area contributed by atoms with E-state index >= 15 is 0 Å². The van der Waals surface area contributed by atoms with Gasteiger partial charge in [0.15, 0.2) is 0 Å². The quantitative estimate of drug-likeness (QED) is 0.817. The number of morpholine rings is 1. The molecule has 0 spiro atoms. The molecule has 0 aliphatic carbocycles. The first kappa shape index (κ1) is 20.5. The Morgan fingerprint density at radius 2 is 1.90 bits per heavy atom. The summed E-state index contributed by atoms with van der Waals surface area (Å²) in [6.07, 6.45) is 1.86. The third kappa shape index (κ3) is 4.51. The molecule has 2 heterocycles. The molecule has 2 aromatic rings. The average Bonchev–Trinajstić information content (AvgIpc) is 2.79. The molecule has 0 saturated carbocycles. The van der Waals surface area contributed by atoms with E-state index in [4.69, 9.17) is 9.47 Å². The molecule has 1 N–H and O–H groups in total. The number of hydrogen-bond donors (Lipinski definition) is 1. The normalized spacial score (nSPS) is 19.5. The van der Waals surface area contributed by atoms with E-state index in [1.165, 1.54) is 6.07 Å². The molecule has 160 valence electrons. The van der Waals surface area contributed by atoms with E-state index < -0.39 is 0 Å². The molecular formula is C23H28FN3O3. The molecule has 4 rings (SSSR count). The molecule has 2 saturated heterocycles. The standard InChI is InChI=1S/C23H28FN3O3/c1-29-22-7-3-2-6-21(22)27-10-4-5-18(16-27)25-23(28)17-8-9-20(19(24)15-17)26-11-13-30-14-12-26/h2-3,6-9,15,18H,4-5,10-14,16H2,1H3,(H,25,28). The van der Waals surface area contributed by atoms with Crippen LogP contribution in [0.15, 0.2) is 42.5 Å². The fraction of sp³-hybridized carbons (Fsp3) is 0.435. The number of carbonyl (C=O) groups excluding carboxylic acids is 1. The predicted octanol–water partition coefficient (Wildman–Crippen LogP) is 3.07. The van der Waals surface area contributed by atoms with Gasteiger partial charge in [-0.25, -0.2) is 4.39 Å². The van der Waals surface area contributed by atoms with Gasteiger partial charge in [0, 0.05) is 37.8 Å². The molecule has 1 unspecified atom stereocenters. The van der Waals surface area contributed by atoms with Crippen LogP contribution < -0.4 is 19.9 Å². The van der Waals surface area contributed by atoms with E-state index in [9.17, 15) is 9.18 Å². The van der Waals surface area contributed by atoms with Gasteiger partial charge in [-0.05, 0) is 43.2 Å². The Balaban J connectivity index is 1.41. The first-order valence-corrected chi connectivity index (χ1v) is 10.5. The number of ether oxygens (including phenoxy) is 2. The number of carbonyl (C=O) groups is 1. The minimum absolute atomic E-state index is 0.00172. The molecule has 0 bridgehead atoms. The molecule has 1 amide bonds. The lowest BCUT2D eigenvalue weighted by Gasteiger charge is -2.35. The van der Waals surface area contributed by atoms with Crippen LogP contribution in [0.5, 0.6) is 5.75 Å². The minimum Gasteiger partial charge on any atom is -0.495 e. The fourth-order valence-corrected chi connectivity index (χ4v) is 4.18. The van der Waals surface area contributed by atoms with Crippen molar-refractivity contribution in [2.24, 2.45) is 0 Å². The number of amides is 1. The van der Waals surface area contributed by atoms with E-state index in [2.05, 4.69) is 10.2 Å². The number of nitrogens with one attached hydrogen (secondary N) is 1. The molecule has 2 fully saturated rings. The molecule has 6 nitrogen and oxygen atoms in total. The van der Waals surface area contributed by atoms with Crippen LogP contribution in [0.1, 0.15) is 23.2 Å². The van der Waals surface area contributed by atoms with E-state index in [0.717, 1.165) is 30.8 Å². The average molecular weight is 413 g/mol. The van der Waals surface area contributed by atoms with Gasteiger partial charge in [-0.15, -0.1) is 0 Å². The zero-order valence-corrected chi connectivity index (χ0v) is 17.3. The molecule has 2 aliphatic heterocycles. The van der Waals surface area contributed by atoms with Crippen molar-refractivity contribution in [1.29, 1.82) is 0 Å². The third-order valence-corrected chi connectivity index (χ3v) is 5.74. The Labute approximate surface area is 176 Å². The van der Waals surface area contributed by atoms with Crippen LogP contribution in [0.3, 0.4) is 0 Å². The molecule has 0 radical (unpaired) electrons. The Hall–Kier alpha value is -2.80. The Bertz CT molecular complexity index is 886. The van der Waals surface area contributed by atoms with Gasteiger partial charge in [-0.2, -0.15) is 0 Å². The van der Waals surface area contributed by atoms with Crippen LogP contribution in [-0.2, 0) is 4.74 Å². The Kier molecular flexibility index (Phi) is 6.38. The van der Waals surface area contributed by atoms with Crippen molar-refractivity contribution in [3.05, 3.63) is 53.8 Å². The lowest BCUT2D eigenvalue weighted by Crippen LogP contribution is -2.48. The molecule has 2 aliphatic rings. The second kappa shape index (κ2) is 9.34. The SMILES string of the molecule is COc1ccccc1N1CCCC(NC(=O)c2ccc(N3CCOCC3)c(F)c2)C1. The number of para-hydroxylation sites is 2. The smallest absolute Gasteiger partial charge is 0.251 e. The summed E-state index contributed by atoms with van der Waals surface area (Å²) in [6.45, 7) is 4.10. The van der Waals surface area contributed by atoms with Crippen LogP contribution in [0.25, 0.3) is 0 Å². The molecule has 1 atom stereocenters. The number of piperidine rings is 1. The van der Waals surface area contributed by atoms with Crippen molar-refractivity contribution in [3.63, 3.8) is 0 Å². The maximum Gasteiger partial charge on any atom is 0.251 e. The van der Waals surface area contributed by atoms with Gasteiger partial charge in [0.2, 0.25) is 0 Å². The second-order valence-corrected chi connectivity index (χ2v) is 7.70. The number of nitrogens with zero attached hydrogens (tertiary/aromatic N) is 2. The molecule has 2 aromatic carbocycles. The first-order chi connectivity index (χ1) is 14.7. The van der Waals surface area contributed by atoms with Gasteiger partial charge >= 0.3 is 0 Å². The molecule has 7 heteroatoms. The summed E-state index contributed by atoms with van der Waals surface area (Å²) < 4.78 is 25.5.